The molecule has 0 heterocycles. The van der Waals surface area contributed by atoms with Crippen molar-refractivity contribution in [1.29, 1.82) is 0 Å². The number of hydrogen-bond acceptors (Lipinski definition) is 2. The van der Waals surface area contributed by atoms with Gasteiger partial charge in [0.2, 0.25) is 0 Å². The molecule has 0 bridgehead atoms. The van der Waals surface area contributed by atoms with Crippen LogP contribution in [0.4, 0.5) is 5.69 Å². The summed E-state index contributed by atoms with van der Waals surface area (Å²) in [5.74, 6) is -0.0226. The number of carbonyl (C=O) groups excluding carboxylic acids is 1. The van der Waals surface area contributed by atoms with Gasteiger partial charge in [-0.1, -0.05) is 19.1 Å². The molecule has 0 unspecified atom stereocenters. The summed E-state index contributed by atoms with van der Waals surface area (Å²) in [6.45, 7) is 10.3. The molecule has 2 N–H and O–H groups in total. The SMILES string of the molecule is CCC(C)(C)NC(=O)c1ccccc1NC(C)C. The molecule has 0 aliphatic rings. The smallest absolute Gasteiger partial charge is 0.253 e. The monoisotopic (exact) mass is 248 g/mol. The third-order valence-corrected chi connectivity index (χ3v) is 2.95. The summed E-state index contributed by atoms with van der Waals surface area (Å²) in [7, 11) is 0. The van der Waals surface area contributed by atoms with Crippen molar-refractivity contribution in [1.82, 2.24) is 5.32 Å². The molecule has 0 fully saturated rings. The summed E-state index contributed by atoms with van der Waals surface area (Å²) in [5, 5.41) is 6.35. The van der Waals surface area contributed by atoms with E-state index >= 15 is 0 Å². The minimum Gasteiger partial charge on any atom is -0.382 e. The zero-order valence-electron chi connectivity index (χ0n) is 12.0. The third kappa shape index (κ3) is 4.06. The molecule has 1 amide bonds. The fourth-order valence-electron chi connectivity index (χ4n) is 1.58. The zero-order valence-corrected chi connectivity index (χ0v) is 12.0. The van der Waals surface area contributed by atoms with Crippen LogP contribution in [0.5, 0.6) is 0 Å². The quantitative estimate of drug-likeness (QED) is 0.838. The van der Waals surface area contributed by atoms with Gasteiger partial charge in [0.25, 0.3) is 5.91 Å². The second kappa shape index (κ2) is 5.89. The molecule has 1 rings (SSSR count). The molecule has 18 heavy (non-hydrogen) atoms. The van der Waals surface area contributed by atoms with E-state index in [1.54, 1.807) is 0 Å². The first-order valence-electron chi connectivity index (χ1n) is 6.54. The van der Waals surface area contributed by atoms with Gasteiger partial charge in [-0.2, -0.15) is 0 Å². The van der Waals surface area contributed by atoms with Crippen molar-refractivity contribution < 1.29 is 4.79 Å². The average molecular weight is 248 g/mol. The van der Waals surface area contributed by atoms with Crippen molar-refractivity contribution in [3.63, 3.8) is 0 Å². The van der Waals surface area contributed by atoms with Crippen LogP contribution in [0.25, 0.3) is 0 Å². The Morgan fingerprint density at radius 3 is 2.44 bits per heavy atom. The Balaban J connectivity index is 2.92. The van der Waals surface area contributed by atoms with Crippen LogP contribution in [0.2, 0.25) is 0 Å². The van der Waals surface area contributed by atoms with E-state index in [0.29, 0.717) is 11.6 Å². The van der Waals surface area contributed by atoms with Gasteiger partial charge in [-0.25, -0.2) is 0 Å². The van der Waals surface area contributed by atoms with Gasteiger partial charge in [0, 0.05) is 17.3 Å². The molecule has 0 aliphatic carbocycles. The molecule has 0 saturated carbocycles. The van der Waals surface area contributed by atoms with Gasteiger partial charge in [0.15, 0.2) is 0 Å². The molecule has 0 saturated heterocycles. The molecule has 3 heteroatoms. The summed E-state index contributed by atoms with van der Waals surface area (Å²) < 4.78 is 0. The van der Waals surface area contributed by atoms with Crippen LogP contribution in [0.15, 0.2) is 24.3 Å². The maximum absolute atomic E-state index is 12.3. The molecule has 100 valence electrons. The maximum Gasteiger partial charge on any atom is 0.253 e. The number of para-hydroxylation sites is 1. The number of anilines is 1. The Kier molecular flexibility index (Phi) is 4.76. The molecule has 0 aliphatic heterocycles. The number of hydrogen-bond donors (Lipinski definition) is 2. The Hall–Kier alpha value is -1.51. The Morgan fingerprint density at radius 1 is 1.28 bits per heavy atom. The van der Waals surface area contributed by atoms with Crippen LogP contribution in [0.3, 0.4) is 0 Å². The molecular weight excluding hydrogens is 224 g/mol. The number of amides is 1. The minimum atomic E-state index is -0.179. The van der Waals surface area contributed by atoms with E-state index in [9.17, 15) is 4.79 Å². The number of carbonyl (C=O) groups is 1. The Morgan fingerprint density at radius 2 is 1.89 bits per heavy atom. The minimum absolute atomic E-state index is 0.0226. The molecule has 0 atom stereocenters. The lowest BCUT2D eigenvalue weighted by atomic mass is 10.0. The van der Waals surface area contributed by atoms with Gasteiger partial charge in [-0.05, 0) is 46.2 Å². The predicted molar refractivity (Wildman–Crippen MR) is 77.0 cm³/mol. The van der Waals surface area contributed by atoms with Gasteiger partial charge in [-0.15, -0.1) is 0 Å². The van der Waals surface area contributed by atoms with Crippen LogP contribution >= 0.6 is 0 Å². The molecular formula is C15H24N2O. The summed E-state index contributed by atoms with van der Waals surface area (Å²) in [6.07, 6.45) is 0.901. The number of rotatable bonds is 5. The van der Waals surface area contributed by atoms with Crippen LogP contribution in [-0.4, -0.2) is 17.5 Å². The zero-order chi connectivity index (χ0) is 13.8. The van der Waals surface area contributed by atoms with E-state index in [2.05, 4.69) is 31.4 Å². The maximum atomic E-state index is 12.3. The average Bonchev–Trinajstić information content (AvgIpc) is 2.28. The molecule has 0 radical (unpaired) electrons. The van der Waals surface area contributed by atoms with E-state index in [1.165, 1.54) is 0 Å². The van der Waals surface area contributed by atoms with E-state index < -0.39 is 0 Å². The van der Waals surface area contributed by atoms with Crippen molar-refractivity contribution in [2.45, 2.75) is 52.6 Å². The standard InChI is InChI=1S/C15H24N2O/c1-6-15(4,5)17-14(18)12-9-7-8-10-13(12)16-11(2)3/h7-11,16H,6H2,1-5H3,(H,17,18). The summed E-state index contributed by atoms with van der Waals surface area (Å²) >= 11 is 0. The second-order valence-electron chi connectivity index (χ2n) is 5.54. The number of benzene rings is 1. The van der Waals surface area contributed by atoms with Crippen LogP contribution in [-0.2, 0) is 0 Å². The van der Waals surface area contributed by atoms with Crippen molar-refractivity contribution >= 4 is 11.6 Å². The number of nitrogens with one attached hydrogen (secondary N) is 2. The highest BCUT2D eigenvalue weighted by atomic mass is 16.1. The third-order valence-electron chi connectivity index (χ3n) is 2.95. The van der Waals surface area contributed by atoms with Gasteiger partial charge in [0.05, 0.1) is 5.56 Å². The highest BCUT2D eigenvalue weighted by Gasteiger charge is 2.20. The Labute approximate surface area is 110 Å². The normalized spacial score (nSPS) is 11.4. The fraction of sp³-hybridized carbons (Fsp3) is 0.533. The largest absolute Gasteiger partial charge is 0.382 e. The van der Waals surface area contributed by atoms with Crippen molar-refractivity contribution in [3.05, 3.63) is 29.8 Å². The summed E-state index contributed by atoms with van der Waals surface area (Å²) in [5.41, 5.74) is 1.41. The predicted octanol–water partition coefficient (Wildman–Crippen LogP) is 3.43. The van der Waals surface area contributed by atoms with Crippen LogP contribution in [0.1, 0.15) is 51.4 Å². The molecule has 1 aromatic rings. The van der Waals surface area contributed by atoms with Crippen molar-refractivity contribution in [3.8, 4) is 0 Å². The first-order chi connectivity index (χ1) is 8.35. The lowest BCUT2D eigenvalue weighted by Crippen LogP contribution is -2.43. The summed E-state index contributed by atoms with van der Waals surface area (Å²) in [6, 6.07) is 7.92. The van der Waals surface area contributed by atoms with Crippen LogP contribution < -0.4 is 10.6 Å². The van der Waals surface area contributed by atoms with E-state index in [1.807, 2.05) is 38.1 Å². The first-order valence-corrected chi connectivity index (χ1v) is 6.54. The van der Waals surface area contributed by atoms with Gasteiger partial charge in [0.1, 0.15) is 0 Å². The van der Waals surface area contributed by atoms with Gasteiger partial charge < -0.3 is 10.6 Å². The van der Waals surface area contributed by atoms with E-state index in [0.717, 1.165) is 12.1 Å². The highest BCUT2D eigenvalue weighted by molar-refractivity contribution is 6.00. The van der Waals surface area contributed by atoms with E-state index in [-0.39, 0.29) is 11.4 Å². The second-order valence-corrected chi connectivity index (χ2v) is 5.54. The van der Waals surface area contributed by atoms with E-state index in [4.69, 9.17) is 0 Å². The lowest BCUT2D eigenvalue weighted by molar-refractivity contribution is 0.0912. The molecule has 3 nitrogen and oxygen atoms in total. The molecule has 0 spiro atoms. The van der Waals surface area contributed by atoms with Gasteiger partial charge in [-0.3, -0.25) is 4.79 Å². The fourth-order valence-corrected chi connectivity index (χ4v) is 1.58. The van der Waals surface area contributed by atoms with Gasteiger partial charge >= 0.3 is 0 Å². The Bertz CT molecular complexity index is 411. The molecule has 1 aromatic carbocycles. The highest BCUT2D eigenvalue weighted by Crippen LogP contribution is 2.17. The van der Waals surface area contributed by atoms with Crippen molar-refractivity contribution in [2.24, 2.45) is 0 Å². The first kappa shape index (κ1) is 14.6. The van der Waals surface area contributed by atoms with Crippen molar-refractivity contribution in [2.75, 3.05) is 5.32 Å². The summed E-state index contributed by atoms with van der Waals surface area (Å²) in [4.78, 5) is 12.3. The lowest BCUT2D eigenvalue weighted by Gasteiger charge is -2.25. The topological polar surface area (TPSA) is 41.1 Å². The molecule has 0 aromatic heterocycles. The van der Waals surface area contributed by atoms with Crippen LogP contribution in [0, 0.1) is 0 Å².